The van der Waals surface area contributed by atoms with Crippen LogP contribution in [0.25, 0.3) is 0 Å². The molecular weight excluding hydrogens is 352 g/mol. The minimum Gasteiger partial charge on any atom is -0.444 e. The van der Waals surface area contributed by atoms with Crippen LogP contribution >= 0.6 is 0 Å². The highest BCUT2D eigenvalue weighted by atomic mass is 16.6. The van der Waals surface area contributed by atoms with Gasteiger partial charge in [0.25, 0.3) is 0 Å². The normalized spacial score (nSPS) is 30.2. The number of nitrogens with one attached hydrogen (secondary N) is 1. The maximum Gasteiger partial charge on any atom is 0.410 e. The van der Waals surface area contributed by atoms with Gasteiger partial charge in [-0.3, -0.25) is 4.90 Å². The predicted octanol–water partition coefficient (Wildman–Crippen LogP) is 3.10. The summed E-state index contributed by atoms with van der Waals surface area (Å²) in [5, 5.41) is 3.87. The third-order valence-corrected chi connectivity index (χ3v) is 7.02. The van der Waals surface area contributed by atoms with Crippen LogP contribution < -0.4 is 11.1 Å². The van der Waals surface area contributed by atoms with E-state index in [0.717, 1.165) is 39.0 Å². The topological polar surface area (TPSA) is 70.8 Å². The highest BCUT2D eigenvalue weighted by Crippen LogP contribution is 2.32. The number of hydrogen-bond donors (Lipinski definition) is 2. The van der Waals surface area contributed by atoms with Gasteiger partial charge in [-0.2, -0.15) is 0 Å². The molecule has 2 aliphatic heterocycles. The Hall–Kier alpha value is -0.850. The molecular formula is C22H42N4O2. The Morgan fingerprint density at radius 3 is 2.21 bits per heavy atom. The lowest BCUT2D eigenvalue weighted by molar-refractivity contribution is -0.00912. The Labute approximate surface area is 171 Å². The second kappa shape index (κ2) is 8.88. The van der Waals surface area contributed by atoms with E-state index in [4.69, 9.17) is 10.5 Å². The van der Waals surface area contributed by atoms with Gasteiger partial charge in [-0.15, -0.1) is 0 Å². The van der Waals surface area contributed by atoms with Crippen molar-refractivity contribution in [2.45, 2.75) is 108 Å². The smallest absolute Gasteiger partial charge is 0.410 e. The van der Waals surface area contributed by atoms with Gasteiger partial charge in [-0.25, -0.2) is 4.79 Å². The van der Waals surface area contributed by atoms with E-state index in [0.29, 0.717) is 18.1 Å². The third kappa shape index (κ3) is 5.61. The summed E-state index contributed by atoms with van der Waals surface area (Å²) in [4.78, 5) is 16.9. The van der Waals surface area contributed by atoms with E-state index < -0.39 is 5.60 Å². The first kappa shape index (κ1) is 21.8. The van der Waals surface area contributed by atoms with Gasteiger partial charge in [0, 0.05) is 49.8 Å². The molecule has 0 aromatic carbocycles. The van der Waals surface area contributed by atoms with E-state index in [1.807, 2.05) is 25.7 Å². The molecule has 0 radical (unpaired) electrons. The van der Waals surface area contributed by atoms with E-state index in [1.54, 1.807) is 0 Å². The van der Waals surface area contributed by atoms with Crippen LogP contribution in [0, 0.1) is 0 Å². The van der Waals surface area contributed by atoms with Crippen molar-refractivity contribution in [1.29, 1.82) is 0 Å². The zero-order valence-electron chi connectivity index (χ0n) is 18.5. The Kier molecular flexibility index (Phi) is 6.93. The molecule has 2 saturated heterocycles. The molecule has 1 amide bonds. The summed E-state index contributed by atoms with van der Waals surface area (Å²) in [6, 6.07) is 1.45. The molecule has 0 aromatic rings. The van der Waals surface area contributed by atoms with Gasteiger partial charge in [-0.05, 0) is 66.2 Å². The van der Waals surface area contributed by atoms with E-state index in [-0.39, 0.29) is 11.6 Å². The Bertz CT molecular complexity index is 517. The number of nitrogens with two attached hydrogens (primary N) is 1. The standard InChI is InChI=1S/C22H42N4O2/c1-21(2,3)28-20(27)25-15-11-22(4,12-16-25)26-13-9-17(10-14-26)24-19-8-6-5-7-18(19)23/h17-19,24H,5-16,23H2,1-4H3/t18-,19-/m0/s1. The molecule has 3 aliphatic rings. The van der Waals surface area contributed by atoms with Crippen LogP contribution in [0.4, 0.5) is 4.79 Å². The summed E-state index contributed by atoms with van der Waals surface area (Å²) >= 11 is 0. The Morgan fingerprint density at radius 2 is 1.64 bits per heavy atom. The maximum absolute atomic E-state index is 12.3. The fourth-order valence-electron chi connectivity index (χ4n) is 5.07. The third-order valence-electron chi connectivity index (χ3n) is 7.02. The molecule has 3 N–H and O–H groups in total. The van der Waals surface area contributed by atoms with Gasteiger partial charge in [0.05, 0.1) is 0 Å². The summed E-state index contributed by atoms with van der Waals surface area (Å²) in [7, 11) is 0. The Balaban J connectivity index is 1.43. The fraction of sp³-hybridized carbons (Fsp3) is 0.955. The van der Waals surface area contributed by atoms with Crippen molar-refractivity contribution >= 4 is 6.09 Å². The Morgan fingerprint density at radius 1 is 1.04 bits per heavy atom. The lowest BCUT2D eigenvalue weighted by atomic mass is 9.85. The molecule has 0 unspecified atom stereocenters. The quantitative estimate of drug-likeness (QED) is 0.770. The zero-order chi connectivity index (χ0) is 20.4. The van der Waals surface area contributed by atoms with E-state index in [1.165, 1.54) is 38.5 Å². The number of likely N-dealkylation sites (tertiary alicyclic amines) is 2. The average Bonchev–Trinajstić information content (AvgIpc) is 2.63. The predicted molar refractivity (Wildman–Crippen MR) is 113 cm³/mol. The number of nitrogens with zero attached hydrogens (tertiary/aromatic N) is 2. The van der Waals surface area contributed by atoms with Gasteiger partial charge >= 0.3 is 6.09 Å². The lowest BCUT2D eigenvalue weighted by Gasteiger charge is -2.49. The number of carbonyl (C=O) groups is 1. The second-order valence-corrected chi connectivity index (χ2v) is 10.4. The molecule has 162 valence electrons. The van der Waals surface area contributed by atoms with Gasteiger partial charge in [0.2, 0.25) is 0 Å². The van der Waals surface area contributed by atoms with Gasteiger partial charge < -0.3 is 20.7 Å². The van der Waals surface area contributed by atoms with Crippen molar-refractivity contribution in [1.82, 2.24) is 15.1 Å². The molecule has 0 bridgehead atoms. The van der Waals surface area contributed by atoms with Crippen LogP contribution in [0.2, 0.25) is 0 Å². The molecule has 2 heterocycles. The molecule has 2 atom stereocenters. The minimum absolute atomic E-state index is 0.165. The first-order valence-electron chi connectivity index (χ1n) is 11.4. The molecule has 6 heteroatoms. The minimum atomic E-state index is -0.423. The van der Waals surface area contributed by atoms with Crippen LogP contribution in [-0.2, 0) is 4.74 Å². The second-order valence-electron chi connectivity index (χ2n) is 10.4. The van der Waals surface area contributed by atoms with Gasteiger partial charge in [0.1, 0.15) is 5.60 Å². The lowest BCUT2D eigenvalue weighted by Crippen LogP contribution is -2.59. The summed E-state index contributed by atoms with van der Waals surface area (Å²) < 4.78 is 5.54. The number of hydrogen-bond acceptors (Lipinski definition) is 5. The summed E-state index contributed by atoms with van der Waals surface area (Å²) in [5.74, 6) is 0. The number of piperidine rings is 2. The van der Waals surface area contributed by atoms with Gasteiger partial charge in [-0.1, -0.05) is 12.8 Å². The summed E-state index contributed by atoms with van der Waals surface area (Å²) in [6.07, 6.45) is 9.30. The van der Waals surface area contributed by atoms with E-state index in [9.17, 15) is 4.79 Å². The van der Waals surface area contributed by atoms with Crippen LogP contribution in [-0.4, -0.2) is 71.3 Å². The largest absolute Gasteiger partial charge is 0.444 e. The van der Waals surface area contributed by atoms with Crippen LogP contribution in [0.1, 0.15) is 79.1 Å². The SMILES string of the molecule is CC(C)(C)OC(=O)N1CCC(C)(N2CCC(N[C@H]3CCCC[C@@H]3N)CC2)CC1. The van der Waals surface area contributed by atoms with Crippen molar-refractivity contribution in [3.63, 3.8) is 0 Å². The zero-order valence-corrected chi connectivity index (χ0v) is 18.5. The van der Waals surface area contributed by atoms with Crippen molar-refractivity contribution in [2.75, 3.05) is 26.2 Å². The number of ether oxygens (including phenoxy) is 1. The van der Waals surface area contributed by atoms with Crippen LogP contribution in [0.3, 0.4) is 0 Å². The van der Waals surface area contributed by atoms with Crippen molar-refractivity contribution in [3.8, 4) is 0 Å². The first-order chi connectivity index (χ1) is 13.2. The first-order valence-corrected chi connectivity index (χ1v) is 11.4. The maximum atomic E-state index is 12.3. The fourth-order valence-corrected chi connectivity index (χ4v) is 5.07. The number of rotatable bonds is 3. The molecule has 1 aliphatic carbocycles. The molecule has 0 aromatic heterocycles. The van der Waals surface area contributed by atoms with E-state index in [2.05, 4.69) is 17.1 Å². The highest BCUT2D eigenvalue weighted by molar-refractivity contribution is 5.68. The molecule has 0 spiro atoms. The monoisotopic (exact) mass is 394 g/mol. The molecule has 6 nitrogen and oxygen atoms in total. The summed E-state index contributed by atoms with van der Waals surface area (Å²) in [6.45, 7) is 12.0. The summed E-state index contributed by atoms with van der Waals surface area (Å²) in [5.41, 5.74) is 6.10. The van der Waals surface area contributed by atoms with E-state index >= 15 is 0 Å². The van der Waals surface area contributed by atoms with Crippen LogP contribution in [0.15, 0.2) is 0 Å². The molecule has 3 fully saturated rings. The average molecular weight is 395 g/mol. The number of amides is 1. The molecule has 28 heavy (non-hydrogen) atoms. The molecule has 1 saturated carbocycles. The van der Waals surface area contributed by atoms with Crippen LogP contribution in [0.5, 0.6) is 0 Å². The van der Waals surface area contributed by atoms with Crippen molar-refractivity contribution in [3.05, 3.63) is 0 Å². The highest BCUT2D eigenvalue weighted by Gasteiger charge is 2.39. The van der Waals surface area contributed by atoms with Gasteiger partial charge in [0.15, 0.2) is 0 Å². The number of carbonyl (C=O) groups excluding carboxylic acids is 1. The van der Waals surface area contributed by atoms with Crippen molar-refractivity contribution < 1.29 is 9.53 Å². The van der Waals surface area contributed by atoms with Crippen molar-refractivity contribution in [2.24, 2.45) is 5.73 Å². The molecule has 3 rings (SSSR count).